The van der Waals surface area contributed by atoms with Crippen LogP contribution in [0.5, 0.6) is 0 Å². The Balaban J connectivity index is 1.90. The molecule has 1 fully saturated rings. The molecule has 0 unspecified atom stereocenters. The Kier molecular flexibility index (Phi) is 5.08. The van der Waals surface area contributed by atoms with Crippen LogP contribution < -0.4 is 5.73 Å². The first-order valence-corrected chi connectivity index (χ1v) is 7.64. The maximum atomic E-state index is 12.2. The summed E-state index contributed by atoms with van der Waals surface area (Å²) in [6.45, 7) is 3.69. The lowest BCUT2D eigenvalue weighted by Gasteiger charge is -2.30. The van der Waals surface area contributed by atoms with Crippen LogP contribution in [-0.2, 0) is 16.1 Å². The lowest BCUT2D eigenvalue weighted by atomic mass is 9.97. The number of nitrogens with zero attached hydrogens (tertiary/aromatic N) is 2. The summed E-state index contributed by atoms with van der Waals surface area (Å²) >= 11 is 1.40. The van der Waals surface area contributed by atoms with E-state index in [1.807, 2.05) is 0 Å². The SMILES string of the molecule is CCOC(=O)C1CCN(C(=O)c2csc(CN)n2)CC1. The van der Waals surface area contributed by atoms with Crippen LogP contribution in [0.3, 0.4) is 0 Å². The number of aromatic nitrogens is 1. The summed E-state index contributed by atoms with van der Waals surface area (Å²) in [7, 11) is 0. The number of likely N-dealkylation sites (tertiary alicyclic amines) is 1. The highest BCUT2D eigenvalue weighted by molar-refractivity contribution is 7.09. The number of esters is 1. The molecule has 0 aliphatic carbocycles. The van der Waals surface area contributed by atoms with E-state index in [-0.39, 0.29) is 17.8 Å². The molecule has 0 bridgehead atoms. The normalized spacial score (nSPS) is 16.2. The zero-order valence-electron chi connectivity index (χ0n) is 11.5. The fourth-order valence-electron chi connectivity index (χ4n) is 2.24. The summed E-state index contributed by atoms with van der Waals surface area (Å²) in [4.78, 5) is 29.8. The van der Waals surface area contributed by atoms with Crippen LogP contribution in [0.2, 0.25) is 0 Å². The third-order valence-electron chi connectivity index (χ3n) is 3.35. The highest BCUT2D eigenvalue weighted by atomic mass is 32.1. The first-order valence-electron chi connectivity index (χ1n) is 6.76. The summed E-state index contributed by atoms with van der Waals surface area (Å²) < 4.78 is 5.01. The maximum absolute atomic E-state index is 12.2. The van der Waals surface area contributed by atoms with E-state index in [4.69, 9.17) is 10.5 Å². The first kappa shape index (κ1) is 14.9. The topological polar surface area (TPSA) is 85.5 Å². The van der Waals surface area contributed by atoms with Crippen molar-refractivity contribution < 1.29 is 14.3 Å². The second-order valence-electron chi connectivity index (χ2n) is 4.65. The van der Waals surface area contributed by atoms with Crippen molar-refractivity contribution in [2.75, 3.05) is 19.7 Å². The third kappa shape index (κ3) is 3.34. The summed E-state index contributed by atoms with van der Waals surface area (Å²) in [5.41, 5.74) is 5.94. The van der Waals surface area contributed by atoms with Crippen molar-refractivity contribution in [2.24, 2.45) is 11.7 Å². The van der Waals surface area contributed by atoms with E-state index in [9.17, 15) is 9.59 Å². The number of hydrogen-bond donors (Lipinski definition) is 1. The maximum Gasteiger partial charge on any atom is 0.309 e. The van der Waals surface area contributed by atoms with Gasteiger partial charge in [-0.2, -0.15) is 0 Å². The van der Waals surface area contributed by atoms with E-state index >= 15 is 0 Å². The van der Waals surface area contributed by atoms with E-state index in [2.05, 4.69) is 4.98 Å². The number of carbonyl (C=O) groups excluding carboxylic acids is 2. The minimum Gasteiger partial charge on any atom is -0.466 e. The summed E-state index contributed by atoms with van der Waals surface area (Å²) in [5, 5.41) is 2.50. The van der Waals surface area contributed by atoms with Crippen LogP contribution >= 0.6 is 11.3 Å². The molecule has 0 saturated carbocycles. The summed E-state index contributed by atoms with van der Waals surface area (Å²) in [6.07, 6.45) is 1.30. The third-order valence-corrected chi connectivity index (χ3v) is 4.22. The van der Waals surface area contributed by atoms with Gasteiger partial charge in [0, 0.05) is 25.0 Å². The van der Waals surface area contributed by atoms with Crippen LogP contribution in [0.25, 0.3) is 0 Å². The Labute approximate surface area is 121 Å². The monoisotopic (exact) mass is 297 g/mol. The lowest BCUT2D eigenvalue weighted by molar-refractivity contribution is -0.149. The molecule has 7 heteroatoms. The zero-order chi connectivity index (χ0) is 14.5. The lowest BCUT2D eigenvalue weighted by Crippen LogP contribution is -2.40. The Morgan fingerprint density at radius 2 is 2.20 bits per heavy atom. The van der Waals surface area contributed by atoms with Crippen molar-refractivity contribution in [3.8, 4) is 0 Å². The summed E-state index contributed by atoms with van der Waals surface area (Å²) in [6, 6.07) is 0. The van der Waals surface area contributed by atoms with Gasteiger partial charge in [0.15, 0.2) is 0 Å². The average molecular weight is 297 g/mol. The van der Waals surface area contributed by atoms with Gasteiger partial charge in [0.1, 0.15) is 10.7 Å². The van der Waals surface area contributed by atoms with Gasteiger partial charge in [-0.3, -0.25) is 9.59 Å². The van der Waals surface area contributed by atoms with Crippen molar-refractivity contribution >= 4 is 23.2 Å². The van der Waals surface area contributed by atoms with Crippen LogP contribution in [-0.4, -0.2) is 41.5 Å². The molecule has 2 heterocycles. The van der Waals surface area contributed by atoms with Gasteiger partial charge < -0.3 is 15.4 Å². The predicted molar refractivity (Wildman–Crippen MR) is 75.3 cm³/mol. The second kappa shape index (κ2) is 6.81. The molecule has 2 rings (SSSR count). The fraction of sp³-hybridized carbons (Fsp3) is 0.615. The first-order chi connectivity index (χ1) is 9.65. The van der Waals surface area contributed by atoms with Gasteiger partial charge in [-0.1, -0.05) is 0 Å². The molecule has 1 aromatic heterocycles. The Hall–Kier alpha value is -1.47. The van der Waals surface area contributed by atoms with Crippen molar-refractivity contribution in [1.82, 2.24) is 9.88 Å². The quantitative estimate of drug-likeness (QED) is 0.839. The Bertz CT molecular complexity index is 481. The summed E-state index contributed by atoms with van der Waals surface area (Å²) in [5.74, 6) is -0.323. The van der Waals surface area contributed by atoms with E-state index in [1.54, 1.807) is 17.2 Å². The number of ether oxygens (including phenoxy) is 1. The van der Waals surface area contributed by atoms with Crippen LogP contribution in [0, 0.1) is 5.92 Å². The van der Waals surface area contributed by atoms with Crippen LogP contribution in [0.15, 0.2) is 5.38 Å². The van der Waals surface area contributed by atoms with Crippen molar-refractivity contribution in [3.05, 3.63) is 16.1 Å². The van der Waals surface area contributed by atoms with E-state index in [0.717, 1.165) is 5.01 Å². The van der Waals surface area contributed by atoms with E-state index < -0.39 is 0 Å². The molecule has 1 aliphatic heterocycles. The van der Waals surface area contributed by atoms with E-state index in [0.29, 0.717) is 44.8 Å². The van der Waals surface area contributed by atoms with Crippen molar-refractivity contribution in [3.63, 3.8) is 0 Å². The van der Waals surface area contributed by atoms with Crippen LogP contribution in [0.1, 0.15) is 35.3 Å². The molecule has 1 amide bonds. The highest BCUT2D eigenvalue weighted by Crippen LogP contribution is 2.21. The van der Waals surface area contributed by atoms with Gasteiger partial charge in [0.05, 0.1) is 12.5 Å². The molecule has 2 N–H and O–H groups in total. The van der Waals surface area contributed by atoms with Gasteiger partial charge in [0.2, 0.25) is 0 Å². The molecule has 110 valence electrons. The van der Waals surface area contributed by atoms with Gasteiger partial charge in [0.25, 0.3) is 5.91 Å². The standard InChI is InChI=1S/C13H19N3O3S/c1-2-19-13(18)9-3-5-16(6-4-9)12(17)10-8-20-11(7-14)15-10/h8-9H,2-7,14H2,1H3. The number of carbonyl (C=O) groups is 2. The number of hydrogen-bond acceptors (Lipinski definition) is 6. The smallest absolute Gasteiger partial charge is 0.309 e. The molecular formula is C13H19N3O3S. The van der Waals surface area contributed by atoms with Gasteiger partial charge in [-0.15, -0.1) is 11.3 Å². The molecule has 0 aromatic carbocycles. The van der Waals surface area contributed by atoms with Gasteiger partial charge >= 0.3 is 5.97 Å². The molecule has 20 heavy (non-hydrogen) atoms. The number of rotatable bonds is 4. The van der Waals surface area contributed by atoms with Crippen LogP contribution in [0.4, 0.5) is 0 Å². The highest BCUT2D eigenvalue weighted by Gasteiger charge is 2.29. The number of piperidine rings is 1. The largest absolute Gasteiger partial charge is 0.466 e. The zero-order valence-corrected chi connectivity index (χ0v) is 12.3. The van der Waals surface area contributed by atoms with Crippen molar-refractivity contribution in [1.29, 1.82) is 0 Å². The second-order valence-corrected chi connectivity index (χ2v) is 5.59. The van der Waals surface area contributed by atoms with E-state index in [1.165, 1.54) is 11.3 Å². The molecular weight excluding hydrogens is 278 g/mol. The molecule has 0 radical (unpaired) electrons. The minimum atomic E-state index is -0.154. The van der Waals surface area contributed by atoms with Gasteiger partial charge in [-0.25, -0.2) is 4.98 Å². The molecule has 1 aromatic rings. The Morgan fingerprint density at radius 3 is 2.75 bits per heavy atom. The predicted octanol–water partition coefficient (Wildman–Crippen LogP) is 1.02. The fourth-order valence-corrected chi connectivity index (χ4v) is 2.89. The minimum absolute atomic E-state index is 0.0803. The average Bonchev–Trinajstić information content (AvgIpc) is 2.96. The number of thiazole rings is 1. The van der Waals surface area contributed by atoms with Crippen molar-refractivity contribution in [2.45, 2.75) is 26.3 Å². The Morgan fingerprint density at radius 1 is 1.50 bits per heavy atom. The number of amides is 1. The molecule has 0 spiro atoms. The molecule has 1 aliphatic rings. The number of nitrogens with two attached hydrogens (primary N) is 1. The molecule has 0 atom stereocenters. The molecule has 1 saturated heterocycles. The van der Waals surface area contributed by atoms with Gasteiger partial charge in [-0.05, 0) is 19.8 Å². The molecule has 6 nitrogen and oxygen atoms in total.